The van der Waals surface area contributed by atoms with Crippen LogP contribution in [0.15, 0.2) is 65.9 Å². The highest BCUT2D eigenvalue weighted by Gasteiger charge is 2.14. The van der Waals surface area contributed by atoms with Crippen LogP contribution in [0.1, 0.15) is 30.4 Å². The lowest BCUT2D eigenvalue weighted by Gasteiger charge is -2.16. The number of nitrogens with two attached hydrogens (primary N) is 1. The fourth-order valence-corrected chi connectivity index (χ4v) is 2.96. The van der Waals surface area contributed by atoms with Crippen molar-refractivity contribution in [2.24, 2.45) is 5.10 Å². The van der Waals surface area contributed by atoms with Crippen molar-refractivity contribution in [2.75, 3.05) is 5.73 Å². The van der Waals surface area contributed by atoms with Crippen LogP contribution in [0.5, 0.6) is 0 Å². The second kappa shape index (κ2) is 7.57. The van der Waals surface area contributed by atoms with E-state index in [-0.39, 0.29) is 5.92 Å². The lowest BCUT2D eigenvalue weighted by Crippen LogP contribution is -2.13. The average molecular weight is 332 g/mol. The molecule has 3 N–H and O–H groups in total. The zero-order valence-electron chi connectivity index (χ0n) is 14.0. The van der Waals surface area contributed by atoms with E-state index in [1.807, 2.05) is 42.5 Å². The molecule has 0 aliphatic carbocycles. The summed E-state index contributed by atoms with van der Waals surface area (Å²) in [5, 5.41) is 5.37. The first-order valence-corrected chi connectivity index (χ1v) is 8.14. The maximum atomic E-state index is 10.7. The molecular weight excluding hydrogens is 312 g/mol. The first kappa shape index (κ1) is 16.6. The monoisotopic (exact) mass is 332 g/mol. The molecule has 5 nitrogen and oxygen atoms in total. The number of nitrogen functional groups attached to an aromatic ring is 1. The number of hydrogen-bond acceptors (Lipinski definition) is 4. The van der Waals surface area contributed by atoms with E-state index < -0.39 is 0 Å². The highest BCUT2D eigenvalue weighted by molar-refractivity contribution is 6.01. The summed E-state index contributed by atoms with van der Waals surface area (Å²) in [4.78, 5) is 15.1. The van der Waals surface area contributed by atoms with E-state index in [9.17, 15) is 4.79 Å². The van der Waals surface area contributed by atoms with Crippen molar-refractivity contribution in [1.29, 1.82) is 0 Å². The Morgan fingerprint density at radius 3 is 2.76 bits per heavy atom. The number of pyridine rings is 1. The molecule has 2 aromatic carbocycles. The van der Waals surface area contributed by atoms with E-state index in [4.69, 9.17) is 5.73 Å². The molecule has 0 radical (unpaired) electrons. The third kappa shape index (κ3) is 3.83. The Bertz CT molecular complexity index is 898. The molecule has 0 saturated heterocycles. The molecule has 0 fully saturated rings. The van der Waals surface area contributed by atoms with E-state index >= 15 is 0 Å². The molecule has 1 aromatic heterocycles. The summed E-state index contributed by atoms with van der Waals surface area (Å²) in [6, 6.07) is 17.7. The van der Waals surface area contributed by atoms with E-state index in [2.05, 4.69) is 34.6 Å². The molecule has 0 saturated carbocycles. The molecule has 3 rings (SSSR count). The minimum Gasteiger partial charge on any atom is -0.399 e. The number of rotatable bonds is 6. The maximum absolute atomic E-state index is 10.7. The van der Waals surface area contributed by atoms with Crippen molar-refractivity contribution in [2.45, 2.75) is 19.3 Å². The maximum Gasteiger partial charge on any atom is 0.227 e. The number of carbonyl (C=O) groups is 1. The van der Waals surface area contributed by atoms with Gasteiger partial charge in [-0.1, -0.05) is 37.3 Å². The molecule has 0 aliphatic heterocycles. The van der Waals surface area contributed by atoms with Crippen LogP contribution in [0.25, 0.3) is 10.9 Å². The molecule has 1 atom stereocenters. The number of fused-ring (bicyclic) bond motifs is 1. The third-order valence-corrected chi connectivity index (χ3v) is 4.21. The van der Waals surface area contributed by atoms with Crippen LogP contribution in [0.3, 0.4) is 0 Å². The number of nitrogens with zero attached hydrogens (tertiary/aromatic N) is 2. The summed E-state index contributed by atoms with van der Waals surface area (Å²) in [7, 11) is 0. The number of aromatic nitrogens is 1. The molecule has 0 bridgehead atoms. The van der Waals surface area contributed by atoms with Gasteiger partial charge in [0, 0.05) is 17.3 Å². The van der Waals surface area contributed by atoms with Crippen molar-refractivity contribution in [3.8, 4) is 0 Å². The van der Waals surface area contributed by atoms with Gasteiger partial charge in [0.05, 0.1) is 11.2 Å². The van der Waals surface area contributed by atoms with E-state index in [0.717, 1.165) is 22.2 Å². The van der Waals surface area contributed by atoms with E-state index in [1.165, 1.54) is 5.56 Å². The largest absolute Gasteiger partial charge is 0.399 e. The van der Waals surface area contributed by atoms with Gasteiger partial charge in [0.25, 0.3) is 0 Å². The minimum atomic E-state index is 0.206. The van der Waals surface area contributed by atoms with Crippen molar-refractivity contribution in [3.63, 3.8) is 0 Å². The average Bonchev–Trinajstić information content (AvgIpc) is 2.65. The van der Waals surface area contributed by atoms with Crippen LogP contribution < -0.4 is 11.2 Å². The topological polar surface area (TPSA) is 80.4 Å². The standard InChI is InChI=1S/C20H20N4O/c1-14(17-4-2-6-19-18(17)5-3-11-22-19)12-20(24-23-13-25)15-7-9-16(21)10-8-15/h2-11,13-14H,12,21H2,1H3,(H,23,25)/b24-20+. The molecule has 25 heavy (non-hydrogen) atoms. The molecule has 1 amide bonds. The summed E-state index contributed by atoms with van der Waals surface area (Å²) in [6.07, 6.45) is 3.05. The molecule has 1 heterocycles. The predicted octanol–water partition coefficient (Wildman–Crippen LogP) is 3.46. The van der Waals surface area contributed by atoms with Crippen LogP contribution in [-0.2, 0) is 4.79 Å². The summed E-state index contributed by atoms with van der Waals surface area (Å²) in [6.45, 7) is 2.15. The van der Waals surface area contributed by atoms with Gasteiger partial charge in [-0.25, -0.2) is 5.43 Å². The highest BCUT2D eigenvalue weighted by Crippen LogP contribution is 2.28. The normalized spacial score (nSPS) is 12.8. The first-order valence-electron chi connectivity index (χ1n) is 8.14. The fraction of sp³-hybridized carbons (Fsp3) is 0.150. The number of benzene rings is 2. The fourth-order valence-electron chi connectivity index (χ4n) is 2.96. The van der Waals surface area contributed by atoms with Crippen molar-refractivity contribution >= 4 is 28.7 Å². The second-order valence-electron chi connectivity index (χ2n) is 5.95. The van der Waals surface area contributed by atoms with Gasteiger partial charge in [0.15, 0.2) is 0 Å². The van der Waals surface area contributed by atoms with Crippen LogP contribution >= 0.6 is 0 Å². The Morgan fingerprint density at radius 1 is 1.20 bits per heavy atom. The Hall–Kier alpha value is -3.21. The summed E-state index contributed by atoms with van der Waals surface area (Å²) in [5.41, 5.74) is 12.8. The van der Waals surface area contributed by atoms with Gasteiger partial charge in [-0.05, 0) is 47.7 Å². The van der Waals surface area contributed by atoms with E-state index in [1.54, 1.807) is 6.20 Å². The quantitative estimate of drug-likeness (QED) is 0.314. The van der Waals surface area contributed by atoms with Gasteiger partial charge in [-0.3, -0.25) is 9.78 Å². The van der Waals surface area contributed by atoms with Crippen LogP contribution in [-0.4, -0.2) is 17.1 Å². The molecule has 3 aromatic rings. The van der Waals surface area contributed by atoms with Crippen molar-refractivity contribution in [1.82, 2.24) is 10.4 Å². The zero-order chi connectivity index (χ0) is 17.6. The zero-order valence-corrected chi connectivity index (χ0v) is 14.0. The van der Waals surface area contributed by atoms with Crippen LogP contribution in [0.4, 0.5) is 5.69 Å². The SMILES string of the molecule is CC(C/C(=N\NC=O)c1ccc(N)cc1)c1cccc2ncccc12. The third-order valence-electron chi connectivity index (χ3n) is 4.21. The number of hydrazone groups is 1. The summed E-state index contributed by atoms with van der Waals surface area (Å²) in [5.74, 6) is 0.206. The minimum absolute atomic E-state index is 0.206. The lowest BCUT2D eigenvalue weighted by atomic mass is 9.90. The Morgan fingerprint density at radius 2 is 2.00 bits per heavy atom. The van der Waals surface area contributed by atoms with Gasteiger partial charge in [-0.15, -0.1) is 0 Å². The number of hydrogen-bond donors (Lipinski definition) is 2. The Balaban J connectivity index is 1.93. The summed E-state index contributed by atoms with van der Waals surface area (Å²) >= 11 is 0. The molecule has 0 aliphatic rings. The van der Waals surface area contributed by atoms with Gasteiger partial charge in [-0.2, -0.15) is 5.10 Å². The predicted molar refractivity (Wildman–Crippen MR) is 101 cm³/mol. The first-order chi connectivity index (χ1) is 12.2. The Kier molecular flexibility index (Phi) is 5.04. The number of anilines is 1. The van der Waals surface area contributed by atoms with Crippen LogP contribution in [0.2, 0.25) is 0 Å². The Labute approximate surface area is 146 Å². The molecular formula is C20H20N4O. The lowest BCUT2D eigenvalue weighted by molar-refractivity contribution is -0.109. The molecule has 1 unspecified atom stereocenters. The second-order valence-corrected chi connectivity index (χ2v) is 5.95. The highest BCUT2D eigenvalue weighted by atomic mass is 16.1. The summed E-state index contributed by atoms with van der Waals surface area (Å²) < 4.78 is 0. The molecule has 126 valence electrons. The van der Waals surface area contributed by atoms with Crippen LogP contribution in [0, 0.1) is 0 Å². The van der Waals surface area contributed by atoms with Gasteiger partial charge in [0.1, 0.15) is 0 Å². The molecule has 0 spiro atoms. The van der Waals surface area contributed by atoms with Crippen molar-refractivity contribution < 1.29 is 4.79 Å². The van der Waals surface area contributed by atoms with Gasteiger partial charge in [0.2, 0.25) is 6.41 Å². The number of amides is 1. The number of carbonyl (C=O) groups excluding carboxylic acids is 1. The van der Waals surface area contributed by atoms with E-state index in [0.29, 0.717) is 18.5 Å². The van der Waals surface area contributed by atoms with Gasteiger partial charge < -0.3 is 5.73 Å². The molecule has 5 heteroatoms. The number of nitrogens with one attached hydrogen (secondary N) is 1. The van der Waals surface area contributed by atoms with Gasteiger partial charge >= 0.3 is 0 Å². The smallest absolute Gasteiger partial charge is 0.227 e. The van der Waals surface area contributed by atoms with Crippen molar-refractivity contribution in [3.05, 3.63) is 71.9 Å².